The summed E-state index contributed by atoms with van der Waals surface area (Å²) in [7, 11) is 0. The molecule has 0 aromatic heterocycles. The Kier molecular flexibility index (Phi) is 6.34. The summed E-state index contributed by atoms with van der Waals surface area (Å²) in [6.45, 7) is 1.84. The van der Waals surface area contributed by atoms with E-state index in [-0.39, 0.29) is 17.6 Å². The minimum absolute atomic E-state index is 0.0238. The monoisotopic (exact) mass is 429 g/mol. The molecule has 1 saturated heterocycles. The number of benzene rings is 3. The number of hydrazone groups is 1. The maximum absolute atomic E-state index is 12.5. The fourth-order valence-electron chi connectivity index (χ4n) is 3.62. The Morgan fingerprint density at radius 2 is 1.72 bits per heavy atom. The van der Waals surface area contributed by atoms with Crippen LogP contribution in [0.15, 0.2) is 84.0 Å². The molecule has 162 valence electrons. The Labute approximate surface area is 185 Å². The molecule has 1 aliphatic heterocycles. The van der Waals surface area contributed by atoms with Crippen LogP contribution < -0.4 is 16.3 Å². The van der Waals surface area contributed by atoms with E-state index in [1.165, 1.54) is 12.1 Å². The first kappa shape index (κ1) is 21.4. The van der Waals surface area contributed by atoms with Crippen LogP contribution in [0.2, 0.25) is 0 Å². The quantitative estimate of drug-likeness (QED) is 0.314. The average molecular weight is 429 g/mol. The second-order valence-electron chi connectivity index (χ2n) is 7.60. The molecule has 1 fully saturated rings. The van der Waals surface area contributed by atoms with E-state index in [1.807, 2.05) is 49.4 Å². The highest BCUT2D eigenvalue weighted by atomic mass is 16.6. The predicted octanol–water partition coefficient (Wildman–Crippen LogP) is 3.71. The molecule has 1 amide bonds. The van der Waals surface area contributed by atoms with Crippen molar-refractivity contribution in [2.75, 3.05) is 0 Å². The first-order chi connectivity index (χ1) is 15.5. The maximum Gasteiger partial charge on any atom is 0.269 e. The van der Waals surface area contributed by atoms with Gasteiger partial charge in [-0.2, -0.15) is 5.10 Å². The number of nitro benzene ring substituents is 1. The van der Waals surface area contributed by atoms with Gasteiger partial charge in [-0.1, -0.05) is 66.7 Å². The van der Waals surface area contributed by atoms with Crippen LogP contribution in [-0.2, 0) is 4.79 Å². The van der Waals surface area contributed by atoms with E-state index in [4.69, 9.17) is 0 Å². The number of nitro groups is 1. The molecule has 0 radical (unpaired) electrons. The van der Waals surface area contributed by atoms with Gasteiger partial charge in [0.25, 0.3) is 11.6 Å². The molecule has 8 nitrogen and oxygen atoms in total. The zero-order valence-electron chi connectivity index (χ0n) is 17.5. The van der Waals surface area contributed by atoms with Gasteiger partial charge >= 0.3 is 0 Å². The number of carbonyl (C=O) groups excluding carboxylic acids is 1. The van der Waals surface area contributed by atoms with Crippen LogP contribution in [0.5, 0.6) is 0 Å². The van der Waals surface area contributed by atoms with E-state index in [0.717, 1.165) is 22.3 Å². The molecular formula is C24H23N5O3. The number of amides is 1. The Bertz CT molecular complexity index is 1150. The normalized spacial score (nSPS) is 18.3. The van der Waals surface area contributed by atoms with E-state index in [1.54, 1.807) is 12.1 Å². The van der Waals surface area contributed by atoms with E-state index < -0.39 is 11.0 Å². The van der Waals surface area contributed by atoms with Crippen molar-refractivity contribution < 1.29 is 9.72 Å². The van der Waals surface area contributed by atoms with Crippen molar-refractivity contribution in [1.29, 1.82) is 0 Å². The summed E-state index contributed by atoms with van der Waals surface area (Å²) in [5.74, 6) is -0.273. The van der Waals surface area contributed by atoms with Crippen molar-refractivity contribution in [1.82, 2.24) is 16.3 Å². The number of non-ortho nitro benzene ring substituents is 1. The summed E-state index contributed by atoms with van der Waals surface area (Å²) in [5.41, 5.74) is 13.2. The molecule has 32 heavy (non-hydrogen) atoms. The second kappa shape index (κ2) is 9.51. The lowest BCUT2D eigenvalue weighted by molar-refractivity contribution is -0.384. The molecule has 3 aromatic carbocycles. The third kappa shape index (κ3) is 4.88. The zero-order valence-corrected chi connectivity index (χ0v) is 17.5. The van der Waals surface area contributed by atoms with Crippen LogP contribution in [0, 0.1) is 10.1 Å². The van der Waals surface area contributed by atoms with Gasteiger partial charge in [0.15, 0.2) is 0 Å². The molecule has 0 bridgehead atoms. The van der Waals surface area contributed by atoms with Crippen LogP contribution >= 0.6 is 0 Å². The van der Waals surface area contributed by atoms with Gasteiger partial charge in [0.1, 0.15) is 6.04 Å². The molecule has 1 aliphatic rings. The first-order valence-electron chi connectivity index (χ1n) is 10.3. The topological polar surface area (TPSA) is 109 Å². The third-order valence-corrected chi connectivity index (χ3v) is 5.45. The lowest BCUT2D eigenvalue weighted by Crippen LogP contribution is -2.41. The SMILES string of the molecule is C/C(=N\NC(=O)C1CC(c2cccc([N+](=O)[O-])c2)NN1)c1ccc(-c2ccccc2)cc1. The number of nitrogens with one attached hydrogen (secondary N) is 3. The standard InChI is InChI=1S/C24H23N5O3/c1-16(17-10-12-19(13-11-17)18-6-3-2-4-7-18)25-28-24(30)23-15-22(26-27-23)20-8-5-9-21(14-20)29(31)32/h2-14,22-23,26-27H,15H2,1H3,(H,28,30)/b25-16+. The fraction of sp³-hybridized carbons (Fsp3) is 0.167. The van der Waals surface area contributed by atoms with Crippen molar-refractivity contribution in [2.45, 2.75) is 25.4 Å². The Balaban J connectivity index is 1.36. The molecule has 4 rings (SSSR count). The molecule has 0 saturated carbocycles. The van der Waals surface area contributed by atoms with Crippen LogP contribution in [0.4, 0.5) is 5.69 Å². The van der Waals surface area contributed by atoms with Crippen LogP contribution in [0.1, 0.15) is 30.5 Å². The Morgan fingerprint density at radius 1 is 1.00 bits per heavy atom. The van der Waals surface area contributed by atoms with Gasteiger partial charge in [0.05, 0.1) is 10.6 Å². The molecule has 0 aliphatic carbocycles. The van der Waals surface area contributed by atoms with E-state index in [0.29, 0.717) is 12.1 Å². The number of rotatable bonds is 6. The zero-order chi connectivity index (χ0) is 22.5. The van der Waals surface area contributed by atoms with Crippen LogP contribution in [0.3, 0.4) is 0 Å². The van der Waals surface area contributed by atoms with Crippen LogP contribution in [0.25, 0.3) is 11.1 Å². The lowest BCUT2D eigenvalue weighted by Gasteiger charge is -2.09. The molecule has 0 spiro atoms. The minimum atomic E-state index is -0.503. The molecule has 8 heteroatoms. The van der Waals surface area contributed by atoms with E-state index in [2.05, 4.69) is 33.5 Å². The van der Waals surface area contributed by atoms with Crippen molar-refractivity contribution in [3.05, 3.63) is 100 Å². The molecule has 3 aromatic rings. The summed E-state index contributed by atoms with van der Waals surface area (Å²) in [6, 6.07) is 23.8. The van der Waals surface area contributed by atoms with Crippen molar-refractivity contribution in [2.24, 2.45) is 5.10 Å². The van der Waals surface area contributed by atoms with Gasteiger partial charge in [-0.25, -0.2) is 16.3 Å². The number of hydrazine groups is 1. The molecule has 1 heterocycles. The summed E-state index contributed by atoms with van der Waals surface area (Å²) in [4.78, 5) is 23.1. The van der Waals surface area contributed by atoms with Gasteiger partial charge in [-0.05, 0) is 35.6 Å². The highest BCUT2D eigenvalue weighted by Gasteiger charge is 2.30. The smallest absolute Gasteiger partial charge is 0.269 e. The molecule has 2 atom stereocenters. The number of nitrogens with zero attached hydrogens (tertiary/aromatic N) is 2. The average Bonchev–Trinajstić information content (AvgIpc) is 3.34. The van der Waals surface area contributed by atoms with Crippen LogP contribution in [-0.4, -0.2) is 22.6 Å². The minimum Gasteiger partial charge on any atom is -0.271 e. The maximum atomic E-state index is 12.5. The highest BCUT2D eigenvalue weighted by Crippen LogP contribution is 2.25. The summed E-state index contributed by atoms with van der Waals surface area (Å²) in [5, 5.41) is 15.2. The van der Waals surface area contributed by atoms with Gasteiger partial charge in [-0.15, -0.1) is 0 Å². The van der Waals surface area contributed by atoms with E-state index >= 15 is 0 Å². The summed E-state index contributed by atoms with van der Waals surface area (Å²) >= 11 is 0. The number of carbonyl (C=O) groups is 1. The fourth-order valence-corrected chi connectivity index (χ4v) is 3.62. The van der Waals surface area contributed by atoms with Gasteiger partial charge in [0, 0.05) is 18.2 Å². The van der Waals surface area contributed by atoms with Gasteiger partial charge < -0.3 is 0 Å². The van der Waals surface area contributed by atoms with Gasteiger partial charge in [-0.3, -0.25) is 14.9 Å². The number of hydrogen-bond donors (Lipinski definition) is 3. The third-order valence-electron chi connectivity index (χ3n) is 5.45. The Morgan fingerprint density at radius 3 is 2.44 bits per heavy atom. The lowest BCUT2D eigenvalue weighted by atomic mass is 10.0. The summed E-state index contributed by atoms with van der Waals surface area (Å²) in [6.07, 6.45) is 0.452. The highest BCUT2D eigenvalue weighted by molar-refractivity contribution is 5.99. The van der Waals surface area contributed by atoms with E-state index in [9.17, 15) is 14.9 Å². The Hall–Kier alpha value is -3.88. The van der Waals surface area contributed by atoms with Crippen molar-refractivity contribution in [3.8, 4) is 11.1 Å². The molecule has 3 N–H and O–H groups in total. The van der Waals surface area contributed by atoms with Crippen molar-refractivity contribution in [3.63, 3.8) is 0 Å². The van der Waals surface area contributed by atoms with Gasteiger partial charge in [0.2, 0.25) is 0 Å². The first-order valence-corrected chi connectivity index (χ1v) is 10.3. The number of hydrogen-bond acceptors (Lipinski definition) is 6. The predicted molar refractivity (Wildman–Crippen MR) is 123 cm³/mol. The molecular weight excluding hydrogens is 406 g/mol. The summed E-state index contributed by atoms with van der Waals surface area (Å²) < 4.78 is 0. The largest absolute Gasteiger partial charge is 0.271 e. The second-order valence-corrected chi connectivity index (χ2v) is 7.60. The molecule has 2 unspecified atom stereocenters. The van der Waals surface area contributed by atoms with Crippen molar-refractivity contribution >= 4 is 17.3 Å².